The molecule has 34 heavy (non-hydrogen) atoms. The standard InChI is InChI=1S/C33H27N/c1-23-17-19-25(20-18-23)33(31-15-5-3-13-29(31)30-14-4-6-16-32(30)33)26-10-8-12-28(22-26)34-27-11-7-9-24(2)21-27/h3-22,34H,1-2H3. The highest BCUT2D eigenvalue weighted by atomic mass is 14.9. The maximum atomic E-state index is 3.63. The Labute approximate surface area is 201 Å². The van der Waals surface area contributed by atoms with E-state index in [1.807, 2.05) is 0 Å². The Bertz CT molecular complexity index is 1450. The molecule has 0 bridgehead atoms. The Hall–Kier alpha value is -4.10. The molecule has 164 valence electrons. The summed E-state index contributed by atoms with van der Waals surface area (Å²) in [6.07, 6.45) is 0. The minimum absolute atomic E-state index is 0.370. The normalized spacial score (nSPS) is 13.2. The molecule has 5 aromatic rings. The molecule has 0 radical (unpaired) electrons. The van der Waals surface area contributed by atoms with Crippen LogP contribution in [-0.4, -0.2) is 0 Å². The summed E-state index contributed by atoms with van der Waals surface area (Å²) in [6, 6.07) is 44.3. The van der Waals surface area contributed by atoms with Crippen molar-refractivity contribution in [2.75, 3.05) is 5.32 Å². The van der Waals surface area contributed by atoms with Gasteiger partial charge in [-0.3, -0.25) is 0 Å². The predicted octanol–water partition coefficient (Wildman–Crippen LogP) is 8.41. The SMILES string of the molecule is Cc1ccc(C2(c3cccc(Nc4cccc(C)c4)c3)c3ccccc3-c3ccccc32)cc1. The molecule has 0 amide bonds. The Morgan fingerprint density at radius 3 is 1.71 bits per heavy atom. The lowest BCUT2D eigenvalue weighted by Crippen LogP contribution is -2.28. The number of rotatable bonds is 4. The minimum Gasteiger partial charge on any atom is -0.356 e. The average molecular weight is 438 g/mol. The molecule has 1 aliphatic carbocycles. The molecule has 0 aromatic heterocycles. The monoisotopic (exact) mass is 437 g/mol. The third-order valence-electron chi connectivity index (χ3n) is 7.04. The van der Waals surface area contributed by atoms with Crippen LogP contribution in [0.3, 0.4) is 0 Å². The molecular weight excluding hydrogens is 410 g/mol. The van der Waals surface area contributed by atoms with Gasteiger partial charge in [0.05, 0.1) is 5.41 Å². The maximum Gasteiger partial charge on any atom is 0.0714 e. The molecule has 1 heteroatoms. The summed E-state index contributed by atoms with van der Waals surface area (Å²) in [5.74, 6) is 0. The third-order valence-corrected chi connectivity index (χ3v) is 7.04. The predicted molar refractivity (Wildman–Crippen MR) is 143 cm³/mol. The molecule has 5 aromatic carbocycles. The summed E-state index contributed by atoms with van der Waals surface area (Å²) in [5.41, 5.74) is 12.2. The van der Waals surface area contributed by atoms with Crippen molar-refractivity contribution in [3.8, 4) is 11.1 Å². The molecular formula is C33H27N. The highest BCUT2D eigenvalue weighted by Gasteiger charge is 2.45. The van der Waals surface area contributed by atoms with E-state index in [1.165, 1.54) is 44.5 Å². The Morgan fingerprint density at radius 2 is 1.06 bits per heavy atom. The number of hydrogen-bond acceptors (Lipinski definition) is 1. The topological polar surface area (TPSA) is 12.0 Å². The van der Waals surface area contributed by atoms with E-state index < -0.39 is 0 Å². The second-order valence-electron chi connectivity index (χ2n) is 9.28. The van der Waals surface area contributed by atoms with Gasteiger partial charge in [-0.05, 0) is 77.1 Å². The zero-order valence-electron chi connectivity index (χ0n) is 19.5. The van der Waals surface area contributed by atoms with E-state index in [2.05, 4.69) is 140 Å². The Balaban J connectivity index is 1.61. The van der Waals surface area contributed by atoms with Gasteiger partial charge < -0.3 is 5.32 Å². The van der Waals surface area contributed by atoms with Crippen molar-refractivity contribution >= 4 is 11.4 Å². The first-order valence-electron chi connectivity index (χ1n) is 11.9. The van der Waals surface area contributed by atoms with Crippen molar-refractivity contribution in [2.24, 2.45) is 0 Å². The summed E-state index contributed by atoms with van der Waals surface area (Å²) in [6.45, 7) is 4.28. The summed E-state index contributed by atoms with van der Waals surface area (Å²) < 4.78 is 0. The van der Waals surface area contributed by atoms with Crippen LogP contribution < -0.4 is 5.32 Å². The van der Waals surface area contributed by atoms with Gasteiger partial charge in [-0.15, -0.1) is 0 Å². The van der Waals surface area contributed by atoms with Crippen molar-refractivity contribution in [3.05, 3.63) is 155 Å². The molecule has 0 saturated heterocycles. The van der Waals surface area contributed by atoms with E-state index in [0.29, 0.717) is 0 Å². The fourth-order valence-electron chi connectivity index (χ4n) is 5.55. The second kappa shape index (κ2) is 8.04. The summed E-state index contributed by atoms with van der Waals surface area (Å²) in [7, 11) is 0. The van der Waals surface area contributed by atoms with Gasteiger partial charge in [0.2, 0.25) is 0 Å². The number of aryl methyl sites for hydroxylation is 2. The van der Waals surface area contributed by atoms with Gasteiger partial charge in [0.1, 0.15) is 0 Å². The molecule has 6 rings (SSSR count). The van der Waals surface area contributed by atoms with E-state index >= 15 is 0 Å². The van der Waals surface area contributed by atoms with E-state index in [9.17, 15) is 0 Å². The molecule has 1 N–H and O–H groups in total. The molecule has 0 aliphatic heterocycles. The van der Waals surface area contributed by atoms with Crippen molar-refractivity contribution in [2.45, 2.75) is 19.3 Å². The highest BCUT2D eigenvalue weighted by molar-refractivity contribution is 5.86. The van der Waals surface area contributed by atoms with Crippen LogP contribution in [0.2, 0.25) is 0 Å². The number of anilines is 2. The summed E-state index contributed by atoms with van der Waals surface area (Å²) >= 11 is 0. The van der Waals surface area contributed by atoms with Crippen molar-refractivity contribution in [3.63, 3.8) is 0 Å². The summed E-state index contributed by atoms with van der Waals surface area (Å²) in [5, 5.41) is 3.63. The maximum absolute atomic E-state index is 3.63. The van der Waals surface area contributed by atoms with Gasteiger partial charge in [0, 0.05) is 11.4 Å². The molecule has 1 nitrogen and oxygen atoms in total. The number of benzene rings is 5. The van der Waals surface area contributed by atoms with Gasteiger partial charge in [-0.1, -0.05) is 103 Å². The highest BCUT2D eigenvalue weighted by Crippen LogP contribution is 2.56. The second-order valence-corrected chi connectivity index (χ2v) is 9.28. The van der Waals surface area contributed by atoms with Crippen LogP contribution in [0.4, 0.5) is 11.4 Å². The first-order chi connectivity index (χ1) is 16.7. The summed E-state index contributed by atoms with van der Waals surface area (Å²) in [4.78, 5) is 0. The van der Waals surface area contributed by atoms with Gasteiger partial charge in [-0.2, -0.15) is 0 Å². The zero-order chi connectivity index (χ0) is 23.1. The van der Waals surface area contributed by atoms with E-state index in [0.717, 1.165) is 11.4 Å². The van der Waals surface area contributed by atoms with Gasteiger partial charge in [0.15, 0.2) is 0 Å². The number of fused-ring (bicyclic) bond motifs is 3. The molecule has 0 unspecified atom stereocenters. The lowest BCUT2D eigenvalue weighted by molar-refractivity contribution is 0.768. The van der Waals surface area contributed by atoms with Crippen molar-refractivity contribution < 1.29 is 0 Å². The van der Waals surface area contributed by atoms with Crippen LogP contribution in [0, 0.1) is 13.8 Å². The van der Waals surface area contributed by atoms with Crippen LogP contribution in [0.25, 0.3) is 11.1 Å². The lowest BCUT2D eigenvalue weighted by atomic mass is 9.67. The van der Waals surface area contributed by atoms with E-state index in [-0.39, 0.29) is 5.41 Å². The number of hydrogen-bond donors (Lipinski definition) is 1. The van der Waals surface area contributed by atoms with E-state index in [4.69, 9.17) is 0 Å². The Morgan fingerprint density at radius 1 is 0.471 bits per heavy atom. The molecule has 0 saturated carbocycles. The first kappa shape index (κ1) is 20.5. The molecule has 0 fully saturated rings. The largest absolute Gasteiger partial charge is 0.356 e. The number of nitrogens with one attached hydrogen (secondary N) is 1. The van der Waals surface area contributed by atoms with Crippen molar-refractivity contribution in [1.29, 1.82) is 0 Å². The zero-order valence-corrected chi connectivity index (χ0v) is 19.5. The first-order valence-corrected chi connectivity index (χ1v) is 11.9. The molecule has 0 heterocycles. The quantitative estimate of drug-likeness (QED) is 0.292. The minimum atomic E-state index is -0.370. The molecule has 0 spiro atoms. The average Bonchev–Trinajstić information content (AvgIpc) is 3.16. The molecule has 0 atom stereocenters. The Kier molecular flexibility index (Phi) is 4.85. The smallest absolute Gasteiger partial charge is 0.0714 e. The van der Waals surface area contributed by atoms with Crippen molar-refractivity contribution in [1.82, 2.24) is 0 Å². The fraction of sp³-hybridized carbons (Fsp3) is 0.0909. The van der Waals surface area contributed by atoms with Crippen LogP contribution in [0.1, 0.15) is 33.4 Å². The molecule has 1 aliphatic rings. The van der Waals surface area contributed by atoms with Crippen LogP contribution in [0.15, 0.2) is 121 Å². The van der Waals surface area contributed by atoms with Crippen LogP contribution in [0.5, 0.6) is 0 Å². The van der Waals surface area contributed by atoms with Gasteiger partial charge >= 0.3 is 0 Å². The van der Waals surface area contributed by atoms with Crippen LogP contribution >= 0.6 is 0 Å². The third kappa shape index (κ3) is 3.16. The van der Waals surface area contributed by atoms with Gasteiger partial charge in [0.25, 0.3) is 0 Å². The lowest BCUT2D eigenvalue weighted by Gasteiger charge is -2.34. The van der Waals surface area contributed by atoms with Gasteiger partial charge in [-0.25, -0.2) is 0 Å². The fourth-order valence-corrected chi connectivity index (χ4v) is 5.55. The van der Waals surface area contributed by atoms with Crippen LogP contribution in [-0.2, 0) is 5.41 Å². The van der Waals surface area contributed by atoms with E-state index in [1.54, 1.807) is 0 Å².